The molecule has 0 saturated carbocycles. The lowest BCUT2D eigenvalue weighted by Crippen LogP contribution is -2.53. The lowest BCUT2D eigenvalue weighted by Gasteiger charge is -2.35. The molecule has 0 spiro atoms. The number of likely N-dealkylation sites (N-methyl/N-ethyl adjacent to an activating group) is 1. The zero-order valence-corrected chi connectivity index (χ0v) is 18.0. The number of carbonyl (C=O) groups excluding carboxylic acids is 1. The van der Waals surface area contributed by atoms with Crippen molar-refractivity contribution in [2.75, 3.05) is 39.3 Å². The molecule has 2 N–H and O–H groups in total. The van der Waals surface area contributed by atoms with E-state index < -0.39 is 0 Å². The van der Waals surface area contributed by atoms with E-state index in [0.717, 1.165) is 38.2 Å². The first kappa shape index (κ1) is 20.6. The number of hydrogen-bond donors (Lipinski definition) is 2. The molecule has 30 heavy (non-hydrogen) atoms. The molecule has 0 radical (unpaired) electrons. The largest absolute Gasteiger partial charge is 0.361 e. The summed E-state index contributed by atoms with van der Waals surface area (Å²) in [6, 6.07) is 18.8. The van der Waals surface area contributed by atoms with Crippen molar-refractivity contribution in [2.24, 2.45) is 0 Å². The molecule has 158 valence electrons. The predicted molar refractivity (Wildman–Crippen MR) is 123 cm³/mol. The van der Waals surface area contributed by atoms with Gasteiger partial charge in [0, 0.05) is 55.7 Å². The Bertz CT molecular complexity index is 959. The number of piperazine rings is 1. The van der Waals surface area contributed by atoms with E-state index in [1.807, 2.05) is 17.9 Å². The second kappa shape index (κ2) is 9.45. The number of aromatic nitrogens is 1. The van der Waals surface area contributed by atoms with Crippen LogP contribution >= 0.6 is 0 Å². The predicted octanol–water partition coefficient (Wildman–Crippen LogP) is 3.44. The van der Waals surface area contributed by atoms with E-state index in [0.29, 0.717) is 6.54 Å². The van der Waals surface area contributed by atoms with Crippen LogP contribution in [0.4, 0.5) is 0 Å². The number of hydrogen-bond acceptors (Lipinski definition) is 3. The normalized spacial score (nSPS) is 17.2. The quantitative estimate of drug-likeness (QED) is 0.634. The first-order valence-electron chi connectivity index (χ1n) is 11.0. The summed E-state index contributed by atoms with van der Waals surface area (Å²) in [5.41, 5.74) is 3.66. The second-order valence-corrected chi connectivity index (χ2v) is 8.14. The number of amides is 1. The zero-order chi connectivity index (χ0) is 20.9. The lowest BCUT2D eigenvalue weighted by atomic mass is 9.90. The molecule has 4 rings (SSSR count). The third-order valence-electron chi connectivity index (χ3n) is 6.33. The van der Waals surface area contributed by atoms with Crippen LogP contribution in [0.5, 0.6) is 0 Å². The van der Waals surface area contributed by atoms with Gasteiger partial charge >= 0.3 is 0 Å². The van der Waals surface area contributed by atoms with Gasteiger partial charge in [0.05, 0.1) is 6.04 Å². The SMILES string of the molecule is CCN1CCN(C(=O)[C@@H](C)NC[C@@H](c2ccccc2)c2c[nH]c3ccccc23)CC1. The van der Waals surface area contributed by atoms with E-state index in [4.69, 9.17) is 0 Å². The Labute approximate surface area is 179 Å². The van der Waals surface area contributed by atoms with Gasteiger partial charge in [-0.3, -0.25) is 4.79 Å². The summed E-state index contributed by atoms with van der Waals surface area (Å²) in [6.45, 7) is 9.52. The van der Waals surface area contributed by atoms with Gasteiger partial charge in [-0.25, -0.2) is 0 Å². The highest BCUT2D eigenvalue weighted by atomic mass is 16.2. The van der Waals surface area contributed by atoms with Crippen LogP contribution in [0, 0.1) is 0 Å². The van der Waals surface area contributed by atoms with Crippen molar-refractivity contribution in [3.8, 4) is 0 Å². The van der Waals surface area contributed by atoms with Gasteiger partial charge in [-0.2, -0.15) is 0 Å². The summed E-state index contributed by atoms with van der Waals surface area (Å²) in [5, 5.41) is 4.78. The summed E-state index contributed by atoms with van der Waals surface area (Å²) in [7, 11) is 0. The van der Waals surface area contributed by atoms with Crippen molar-refractivity contribution in [2.45, 2.75) is 25.8 Å². The average Bonchev–Trinajstić information content (AvgIpc) is 3.23. The number of nitrogens with one attached hydrogen (secondary N) is 2. The minimum atomic E-state index is -0.199. The highest BCUT2D eigenvalue weighted by Gasteiger charge is 2.26. The molecule has 1 aliphatic rings. The van der Waals surface area contributed by atoms with Crippen LogP contribution in [-0.4, -0.2) is 66.0 Å². The van der Waals surface area contributed by atoms with Crippen molar-refractivity contribution in [1.82, 2.24) is 20.1 Å². The van der Waals surface area contributed by atoms with Crippen LogP contribution in [0.15, 0.2) is 60.8 Å². The number of H-pyrrole nitrogens is 1. The third kappa shape index (κ3) is 4.42. The van der Waals surface area contributed by atoms with Gasteiger partial charge in [0.1, 0.15) is 0 Å². The van der Waals surface area contributed by atoms with E-state index >= 15 is 0 Å². The summed E-state index contributed by atoms with van der Waals surface area (Å²) in [4.78, 5) is 20.8. The van der Waals surface area contributed by atoms with Crippen molar-refractivity contribution >= 4 is 16.8 Å². The van der Waals surface area contributed by atoms with Crippen molar-refractivity contribution in [1.29, 1.82) is 0 Å². The minimum Gasteiger partial charge on any atom is -0.361 e. The molecule has 3 aromatic rings. The summed E-state index contributed by atoms with van der Waals surface area (Å²) >= 11 is 0. The first-order valence-corrected chi connectivity index (χ1v) is 11.0. The summed E-state index contributed by atoms with van der Waals surface area (Å²) < 4.78 is 0. The fourth-order valence-corrected chi connectivity index (χ4v) is 4.42. The van der Waals surface area contributed by atoms with Crippen molar-refractivity contribution in [3.63, 3.8) is 0 Å². The molecule has 1 saturated heterocycles. The van der Waals surface area contributed by atoms with Crippen molar-refractivity contribution < 1.29 is 4.79 Å². The molecule has 0 aliphatic carbocycles. The van der Waals surface area contributed by atoms with Gasteiger partial charge in [0.15, 0.2) is 0 Å². The van der Waals surface area contributed by atoms with Gasteiger partial charge in [0.25, 0.3) is 0 Å². The number of aromatic amines is 1. The maximum Gasteiger partial charge on any atom is 0.239 e. The summed E-state index contributed by atoms with van der Waals surface area (Å²) in [5.74, 6) is 0.381. The monoisotopic (exact) mass is 404 g/mol. The van der Waals surface area contributed by atoms with Crippen LogP contribution < -0.4 is 5.32 Å². The number of fused-ring (bicyclic) bond motifs is 1. The Balaban J connectivity index is 1.48. The van der Waals surface area contributed by atoms with Crippen LogP contribution in [0.1, 0.15) is 30.9 Å². The van der Waals surface area contributed by atoms with E-state index in [-0.39, 0.29) is 17.9 Å². The smallest absolute Gasteiger partial charge is 0.239 e. The van der Waals surface area contributed by atoms with Gasteiger partial charge < -0.3 is 20.1 Å². The molecule has 2 heterocycles. The maximum atomic E-state index is 13.0. The number of rotatable bonds is 7. The van der Waals surface area contributed by atoms with E-state index in [1.165, 1.54) is 16.5 Å². The van der Waals surface area contributed by atoms with Crippen LogP contribution in [0.25, 0.3) is 10.9 Å². The van der Waals surface area contributed by atoms with E-state index in [9.17, 15) is 4.79 Å². The molecule has 2 aromatic carbocycles. The number of benzene rings is 2. The molecule has 1 amide bonds. The Morgan fingerprint density at radius 3 is 2.47 bits per heavy atom. The van der Waals surface area contributed by atoms with E-state index in [2.05, 4.69) is 76.9 Å². The van der Waals surface area contributed by atoms with Gasteiger partial charge in [-0.15, -0.1) is 0 Å². The standard InChI is InChI=1S/C25H32N4O/c1-3-28-13-15-29(16-14-28)25(30)19(2)26-17-22(20-9-5-4-6-10-20)23-18-27-24-12-8-7-11-21(23)24/h4-12,18-19,22,26-27H,3,13-17H2,1-2H3/t19-,22+/m1/s1. The molecular formula is C25H32N4O. The second-order valence-electron chi connectivity index (χ2n) is 8.14. The number of para-hydroxylation sites is 1. The Morgan fingerprint density at radius 2 is 1.73 bits per heavy atom. The molecular weight excluding hydrogens is 372 g/mol. The minimum absolute atomic E-state index is 0.175. The highest BCUT2D eigenvalue weighted by Crippen LogP contribution is 2.30. The van der Waals surface area contributed by atoms with Crippen LogP contribution in [0.3, 0.4) is 0 Å². The Morgan fingerprint density at radius 1 is 1.03 bits per heavy atom. The van der Waals surface area contributed by atoms with Crippen LogP contribution in [-0.2, 0) is 4.79 Å². The molecule has 1 aliphatic heterocycles. The number of nitrogens with zero attached hydrogens (tertiary/aromatic N) is 2. The Hall–Kier alpha value is -2.63. The fraction of sp³-hybridized carbons (Fsp3) is 0.400. The van der Waals surface area contributed by atoms with Crippen molar-refractivity contribution in [3.05, 3.63) is 71.9 Å². The molecule has 2 atom stereocenters. The van der Waals surface area contributed by atoms with Gasteiger partial charge in [-0.1, -0.05) is 55.5 Å². The molecule has 1 fully saturated rings. The van der Waals surface area contributed by atoms with Gasteiger partial charge in [-0.05, 0) is 30.7 Å². The lowest BCUT2D eigenvalue weighted by molar-refractivity contribution is -0.134. The molecule has 1 aromatic heterocycles. The molecule has 5 nitrogen and oxygen atoms in total. The topological polar surface area (TPSA) is 51.4 Å². The fourth-order valence-electron chi connectivity index (χ4n) is 4.42. The summed E-state index contributed by atoms with van der Waals surface area (Å²) in [6.07, 6.45) is 2.11. The highest BCUT2D eigenvalue weighted by molar-refractivity contribution is 5.84. The van der Waals surface area contributed by atoms with E-state index in [1.54, 1.807) is 0 Å². The Kier molecular flexibility index (Phi) is 6.50. The molecule has 0 bridgehead atoms. The number of carbonyl (C=O) groups is 1. The zero-order valence-electron chi connectivity index (χ0n) is 18.0. The average molecular weight is 405 g/mol. The maximum absolute atomic E-state index is 13.0. The van der Waals surface area contributed by atoms with Gasteiger partial charge in [0.2, 0.25) is 5.91 Å². The molecule has 0 unspecified atom stereocenters. The molecule has 5 heteroatoms. The first-order chi connectivity index (χ1) is 14.7. The third-order valence-corrected chi connectivity index (χ3v) is 6.33. The van der Waals surface area contributed by atoms with Crippen LogP contribution in [0.2, 0.25) is 0 Å².